The van der Waals surface area contributed by atoms with Crippen molar-refractivity contribution in [1.82, 2.24) is 9.80 Å². The minimum Gasteiger partial charge on any atom is -0.385 e. The predicted molar refractivity (Wildman–Crippen MR) is 93.3 cm³/mol. The number of hydrogen-bond donors (Lipinski definition) is 1. The lowest BCUT2D eigenvalue weighted by molar-refractivity contribution is -0.144. The molecule has 2 aliphatic heterocycles. The molecule has 1 fully saturated rings. The van der Waals surface area contributed by atoms with Crippen LogP contribution >= 0.6 is 12.4 Å². The van der Waals surface area contributed by atoms with Crippen LogP contribution in [0, 0.1) is 0 Å². The third-order valence-electron chi connectivity index (χ3n) is 4.77. The molecule has 6 heteroatoms. The predicted octanol–water partition coefficient (Wildman–Crippen LogP) is 2.16. The van der Waals surface area contributed by atoms with Gasteiger partial charge in [-0.2, -0.15) is 0 Å². The van der Waals surface area contributed by atoms with Crippen molar-refractivity contribution in [1.29, 1.82) is 0 Å². The van der Waals surface area contributed by atoms with Gasteiger partial charge in [-0.25, -0.2) is 0 Å². The van der Waals surface area contributed by atoms with E-state index in [1.54, 1.807) is 16.8 Å². The van der Waals surface area contributed by atoms with Crippen molar-refractivity contribution in [2.45, 2.75) is 32.2 Å². The maximum absolute atomic E-state index is 13.1. The summed E-state index contributed by atoms with van der Waals surface area (Å²) in [6.45, 7) is 5.77. The summed E-state index contributed by atoms with van der Waals surface area (Å²) in [5.74, 6) is -0.0398. The largest absolute Gasteiger partial charge is 0.385 e. The molecule has 1 aromatic carbocycles. The van der Waals surface area contributed by atoms with Gasteiger partial charge in [0.15, 0.2) is 0 Å². The molecule has 5 nitrogen and oxygen atoms in total. The van der Waals surface area contributed by atoms with Gasteiger partial charge in [-0.3, -0.25) is 9.59 Å². The van der Waals surface area contributed by atoms with E-state index in [9.17, 15) is 9.59 Å². The van der Waals surface area contributed by atoms with Gasteiger partial charge in [0, 0.05) is 37.9 Å². The van der Waals surface area contributed by atoms with Gasteiger partial charge in [-0.15, -0.1) is 12.4 Å². The molecule has 0 saturated carbocycles. The smallest absolute Gasteiger partial charge is 0.255 e. The third kappa shape index (κ3) is 2.90. The molecule has 2 amide bonds. The van der Waals surface area contributed by atoms with Crippen LogP contribution < -0.4 is 5.32 Å². The zero-order valence-corrected chi connectivity index (χ0v) is 14.7. The van der Waals surface area contributed by atoms with Gasteiger partial charge in [0.25, 0.3) is 5.91 Å². The summed E-state index contributed by atoms with van der Waals surface area (Å²) in [7, 11) is 1.79. The quantitative estimate of drug-likeness (QED) is 0.854. The van der Waals surface area contributed by atoms with Crippen LogP contribution in [0.1, 0.15) is 36.2 Å². The minimum atomic E-state index is -0.797. The summed E-state index contributed by atoms with van der Waals surface area (Å²) >= 11 is 0. The standard InChI is InChI=1S/C17H23N3O2.ClH/c1-17(2)16(22)19(3)10-11-20(17)15(21)13-6-4-8-14-12(13)7-5-9-18-14;/h4,6,8,18H,5,7,9-11H2,1-3H3;1H. The Morgan fingerprint density at radius 1 is 1.26 bits per heavy atom. The van der Waals surface area contributed by atoms with Crippen LogP contribution in [-0.2, 0) is 11.2 Å². The van der Waals surface area contributed by atoms with Crippen molar-refractivity contribution >= 4 is 29.9 Å². The molecule has 23 heavy (non-hydrogen) atoms. The van der Waals surface area contributed by atoms with E-state index in [2.05, 4.69) is 5.32 Å². The first-order chi connectivity index (χ1) is 10.4. The first kappa shape index (κ1) is 17.6. The highest BCUT2D eigenvalue weighted by Gasteiger charge is 2.43. The van der Waals surface area contributed by atoms with Crippen molar-refractivity contribution in [3.63, 3.8) is 0 Å². The molecule has 1 N–H and O–H groups in total. The molecule has 0 spiro atoms. The zero-order valence-electron chi connectivity index (χ0n) is 13.9. The van der Waals surface area contributed by atoms with Crippen LogP contribution in [0.4, 0.5) is 5.69 Å². The van der Waals surface area contributed by atoms with E-state index in [0.717, 1.165) is 36.2 Å². The number of benzene rings is 1. The van der Waals surface area contributed by atoms with E-state index in [4.69, 9.17) is 0 Å². The number of nitrogens with one attached hydrogen (secondary N) is 1. The number of hydrogen-bond acceptors (Lipinski definition) is 3. The number of likely N-dealkylation sites (N-methyl/N-ethyl adjacent to an activating group) is 1. The van der Waals surface area contributed by atoms with Crippen LogP contribution in [0.5, 0.6) is 0 Å². The molecule has 126 valence electrons. The first-order valence-electron chi connectivity index (χ1n) is 7.86. The molecule has 0 atom stereocenters. The summed E-state index contributed by atoms with van der Waals surface area (Å²) < 4.78 is 0. The van der Waals surface area contributed by atoms with E-state index < -0.39 is 5.54 Å². The Kier molecular flexibility index (Phi) is 4.90. The van der Waals surface area contributed by atoms with E-state index in [-0.39, 0.29) is 24.2 Å². The van der Waals surface area contributed by atoms with Gasteiger partial charge < -0.3 is 15.1 Å². The van der Waals surface area contributed by atoms with E-state index in [1.807, 2.05) is 32.0 Å². The Balaban J connectivity index is 0.00000192. The number of fused-ring (bicyclic) bond motifs is 1. The fourth-order valence-corrected chi connectivity index (χ4v) is 3.42. The van der Waals surface area contributed by atoms with E-state index >= 15 is 0 Å². The van der Waals surface area contributed by atoms with Crippen molar-refractivity contribution in [3.8, 4) is 0 Å². The number of nitrogens with zero attached hydrogens (tertiary/aromatic N) is 2. The summed E-state index contributed by atoms with van der Waals surface area (Å²) in [5.41, 5.74) is 2.07. The molecule has 3 rings (SSSR count). The normalized spacial score (nSPS) is 19.5. The van der Waals surface area contributed by atoms with Crippen molar-refractivity contribution in [3.05, 3.63) is 29.3 Å². The summed E-state index contributed by atoms with van der Waals surface area (Å²) in [5, 5.41) is 3.35. The van der Waals surface area contributed by atoms with Crippen LogP contribution in [0.2, 0.25) is 0 Å². The van der Waals surface area contributed by atoms with E-state index in [0.29, 0.717) is 13.1 Å². The first-order valence-corrected chi connectivity index (χ1v) is 7.86. The molecule has 1 aromatic rings. The van der Waals surface area contributed by atoms with Crippen LogP contribution in [0.15, 0.2) is 18.2 Å². The number of halogens is 1. The highest BCUT2D eigenvalue weighted by atomic mass is 35.5. The number of piperazine rings is 1. The number of amides is 2. The highest BCUT2D eigenvalue weighted by molar-refractivity contribution is 6.01. The number of rotatable bonds is 1. The third-order valence-corrected chi connectivity index (χ3v) is 4.77. The summed E-state index contributed by atoms with van der Waals surface area (Å²) in [6, 6.07) is 5.81. The van der Waals surface area contributed by atoms with Gasteiger partial charge in [-0.05, 0) is 44.4 Å². The molecular formula is C17H24ClN3O2. The maximum Gasteiger partial charge on any atom is 0.255 e. The Labute approximate surface area is 143 Å². The molecule has 0 radical (unpaired) electrons. The van der Waals surface area contributed by atoms with Gasteiger partial charge in [-0.1, -0.05) is 6.07 Å². The molecule has 0 aliphatic carbocycles. The minimum absolute atomic E-state index is 0. The Morgan fingerprint density at radius 3 is 2.74 bits per heavy atom. The summed E-state index contributed by atoms with van der Waals surface area (Å²) in [4.78, 5) is 28.9. The number of carbonyl (C=O) groups excluding carboxylic acids is 2. The van der Waals surface area contributed by atoms with E-state index in [1.165, 1.54) is 0 Å². The molecule has 2 aliphatic rings. The van der Waals surface area contributed by atoms with Gasteiger partial charge in [0.05, 0.1) is 0 Å². The summed E-state index contributed by atoms with van der Waals surface area (Å²) in [6.07, 6.45) is 1.94. The fourth-order valence-electron chi connectivity index (χ4n) is 3.42. The number of carbonyl (C=O) groups is 2. The number of anilines is 1. The highest BCUT2D eigenvalue weighted by Crippen LogP contribution is 2.29. The molecule has 2 heterocycles. The molecular weight excluding hydrogens is 314 g/mol. The van der Waals surface area contributed by atoms with Crippen LogP contribution in [0.25, 0.3) is 0 Å². The molecule has 1 saturated heterocycles. The lowest BCUT2D eigenvalue weighted by Gasteiger charge is -2.45. The Hall–Kier alpha value is -1.75. The van der Waals surface area contributed by atoms with Gasteiger partial charge >= 0.3 is 0 Å². The Morgan fingerprint density at radius 2 is 2.00 bits per heavy atom. The second kappa shape index (κ2) is 6.40. The zero-order chi connectivity index (χ0) is 15.9. The lowest BCUT2D eigenvalue weighted by atomic mass is 9.93. The second-order valence-corrected chi connectivity index (χ2v) is 6.60. The fraction of sp³-hybridized carbons (Fsp3) is 0.529. The SMILES string of the molecule is CN1CCN(C(=O)c2cccc3c2CCCN3)C(C)(C)C1=O.Cl. The van der Waals surface area contributed by atoms with Crippen molar-refractivity contribution < 1.29 is 9.59 Å². The van der Waals surface area contributed by atoms with Crippen molar-refractivity contribution in [2.24, 2.45) is 0 Å². The molecule has 0 aromatic heterocycles. The molecule has 0 unspecified atom stereocenters. The van der Waals surface area contributed by atoms with Gasteiger partial charge in [0.2, 0.25) is 5.91 Å². The van der Waals surface area contributed by atoms with Crippen LogP contribution in [-0.4, -0.2) is 53.8 Å². The van der Waals surface area contributed by atoms with Crippen LogP contribution in [0.3, 0.4) is 0 Å². The monoisotopic (exact) mass is 337 g/mol. The Bertz CT molecular complexity index is 630. The maximum atomic E-state index is 13.1. The lowest BCUT2D eigenvalue weighted by Crippen LogP contribution is -2.63. The van der Waals surface area contributed by atoms with Gasteiger partial charge in [0.1, 0.15) is 5.54 Å². The average molecular weight is 338 g/mol. The topological polar surface area (TPSA) is 52.6 Å². The second-order valence-electron chi connectivity index (χ2n) is 6.60. The molecule has 0 bridgehead atoms. The average Bonchev–Trinajstić information content (AvgIpc) is 2.52. The van der Waals surface area contributed by atoms with Crippen molar-refractivity contribution in [2.75, 3.05) is 32.0 Å².